The van der Waals surface area contributed by atoms with Crippen molar-refractivity contribution in [1.29, 1.82) is 0 Å². The van der Waals surface area contributed by atoms with Gasteiger partial charge in [-0.3, -0.25) is 0 Å². The molecule has 0 aliphatic heterocycles. The van der Waals surface area contributed by atoms with E-state index in [-0.39, 0.29) is 5.41 Å². The summed E-state index contributed by atoms with van der Waals surface area (Å²) in [6.45, 7) is 6.62. The van der Waals surface area contributed by atoms with Crippen LogP contribution in [0.2, 0.25) is 0 Å². The Labute approximate surface area is 77.8 Å². The van der Waals surface area contributed by atoms with Gasteiger partial charge in [0.25, 0.3) is 0 Å². The van der Waals surface area contributed by atoms with Crippen LogP contribution in [0.4, 0.5) is 0 Å². The van der Waals surface area contributed by atoms with Crippen LogP contribution in [0.15, 0.2) is 10.6 Å². The van der Waals surface area contributed by atoms with E-state index in [1.807, 2.05) is 12.2 Å². The highest BCUT2D eigenvalue weighted by molar-refractivity contribution is 5.38. The second kappa shape index (κ2) is 3.70. The van der Waals surface area contributed by atoms with E-state index in [0.717, 1.165) is 0 Å². The highest BCUT2D eigenvalue weighted by Gasteiger charge is 2.06. The highest BCUT2D eigenvalue weighted by Crippen LogP contribution is 2.16. The van der Waals surface area contributed by atoms with Gasteiger partial charge in [0.05, 0.1) is 6.54 Å². The highest BCUT2D eigenvalue weighted by atomic mass is 16.5. The van der Waals surface area contributed by atoms with Crippen LogP contribution in [-0.2, 0) is 6.54 Å². The van der Waals surface area contributed by atoms with Crippen molar-refractivity contribution in [3.63, 3.8) is 0 Å². The molecule has 0 radical (unpaired) electrons. The van der Waals surface area contributed by atoms with Gasteiger partial charge in [-0.05, 0) is 11.5 Å². The lowest BCUT2D eigenvalue weighted by Gasteiger charge is -2.09. The number of allylic oxidation sites excluding steroid dienone is 1. The first kappa shape index (κ1) is 9.92. The topological polar surface area (TPSA) is 64.9 Å². The second-order valence-electron chi connectivity index (χ2n) is 3.95. The molecule has 1 aromatic rings. The minimum atomic E-state index is 0.122. The molecule has 0 aromatic carbocycles. The Bertz CT molecular complexity index is 296. The van der Waals surface area contributed by atoms with Gasteiger partial charge >= 0.3 is 0 Å². The van der Waals surface area contributed by atoms with Crippen LogP contribution < -0.4 is 5.73 Å². The van der Waals surface area contributed by atoms with Crippen molar-refractivity contribution in [3.8, 4) is 0 Å². The van der Waals surface area contributed by atoms with Crippen LogP contribution in [0.3, 0.4) is 0 Å². The fourth-order valence-corrected chi connectivity index (χ4v) is 0.739. The molecule has 4 heteroatoms. The first-order valence-electron chi connectivity index (χ1n) is 4.23. The van der Waals surface area contributed by atoms with Crippen molar-refractivity contribution < 1.29 is 4.52 Å². The normalized spacial score (nSPS) is 12.6. The summed E-state index contributed by atoms with van der Waals surface area (Å²) in [5, 5.41) is 3.67. The zero-order chi connectivity index (χ0) is 9.90. The SMILES string of the molecule is CC(C)(C)/C=C/c1nc(CN)no1. The molecule has 0 fully saturated rings. The summed E-state index contributed by atoms with van der Waals surface area (Å²) >= 11 is 0. The van der Waals surface area contributed by atoms with Crippen molar-refractivity contribution in [2.75, 3.05) is 0 Å². The summed E-state index contributed by atoms with van der Waals surface area (Å²) in [5.74, 6) is 1.05. The Kier molecular flexibility index (Phi) is 2.83. The predicted octanol–water partition coefficient (Wildman–Crippen LogP) is 1.59. The molecular formula is C9H15N3O. The van der Waals surface area contributed by atoms with Gasteiger partial charge in [0.15, 0.2) is 5.82 Å². The summed E-state index contributed by atoms with van der Waals surface area (Å²) in [5.41, 5.74) is 5.46. The van der Waals surface area contributed by atoms with E-state index in [4.69, 9.17) is 10.3 Å². The minimum absolute atomic E-state index is 0.122. The molecule has 13 heavy (non-hydrogen) atoms. The summed E-state index contributed by atoms with van der Waals surface area (Å²) in [6.07, 6.45) is 3.83. The fourth-order valence-electron chi connectivity index (χ4n) is 0.739. The molecule has 0 atom stereocenters. The third-order valence-electron chi connectivity index (χ3n) is 1.39. The fraction of sp³-hybridized carbons (Fsp3) is 0.556. The third-order valence-corrected chi connectivity index (χ3v) is 1.39. The van der Waals surface area contributed by atoms with Crippen LogP contribution in [0, 0.1) is 5.41 Å². The van der Waals surface area contributed by atoms with Gasteiger partial charge in [0, 0.05) is 0 Å². The Hall–Kier alpha value is -1.16. The van der Waals surface area contributed by atoms with Gasteiger partial charge in [-0.25, -0.2) is 0 Å². The van der Waals surface area contributed by atoms with Crippen LogP contribution in [0.5, 0.6) is 0 Å². The van der Waals surface area contributed by atoms with Crippen LogP contribution in [-0.4, -0.2) is 10.1 Å². The van der Waals surface area contributed by atoms with Gasteiger partial charge < -0.3 is 10.3 Å². The summed E-state index contributed by atoms with van der Waals surface area (Å²) in [6, 6.07) is 0. The third kappa shape index (κ3) is 3.38. The Morgan fingerprint density at radius 3 is 2.62 bits per heavy atom. The maximum Gasteiger partial charge on any atom is 0.250 e. The van der Waals surface area contributed by atoms with Gasteiger partial charge in [-0.2, -0.15) is 4.98 Å². The monoisotopic (exact) mass is 181 g/mol. The van der Waals surface area contributed by atoms with Crippen LogP contribution >= 0.6 is 0 Å². The molecule has 4 nitrogen and oxygen atoms in total. The van der Waals surface area contributed by atoms with E-state index < -0.39 is 0 Å². The molecular weight excluding hydrogens is 166 g/mol. The number of aromatic nitrogens is 2. The molecule has 0 saturated heterocycles. The molecule has 1 heterocycles. The number of nitrogens with two attached hydrogens (primary N) is 1. The first-order valence-corrected chi connectivity index (χ1v) is 4.23. The van der Waals surface area contributed by atoms with Gasteiger partial charge in [-0.1, -0.05) is 32.0 Å². The molecule has 1 aromatic heterocycles. The minimum Gasteiger partial charge on any atom is -0.335 e. The lowest BCUT2D eigenvalue weighted by atomic mass is 9.96. The van der Waals surface area contributed by atoms with Crippen molar-refractivity contribution in [3.05, 3.63) is 17.8 Å². The van der Waals surface area contributed by atoms with E-state index in [1.165, 1.54) is 0 Å². The van der Waals surface area contributed by atoms with E-state index in [9.17, 15) is 0 Å². The number of hydrogen-bond acceptors (Lipinski definition) is 4. The number of rotatable bonds is 2. The summed E-state index contributed by atoms with van der Waals surface area (Å²) < 4.78 is 4.92. The van der Waals surface area contributed by atoms with Gasteiger partial charge in [-0.15, -0.1) is 0 Å². The quantitative estimate of drug-likeness (QED) is 0.752. The standard InChI is InChI=1S/C9H15N3O/c1-9(2,3)5-4-8-11-7(6-10)12-13-8/h4-5H,6,10H2,1-3H3/b5-4+. The first-order chi connectivity index (χ1) is 6.01. The van der Waals surface area contributed by atoms with Crippen LogP contribution in [0.1, 0.15) is 32.5 Å². The second-order valence-corrected chi connectivity index (χ2v) is 3.95. The zero-order valence-corrected chi connectivity index (χ0v) is 8.24. The van der Waals surface area contributed by atoms with Crippen molar-refractivity contribution >= 4 is 6.08 Å². The summed E-state index contributed by atoms with van der Waals surface area (Å²) in [4.78, 5) is 4.04. The predicted molar refractivity (Wildman–Crippen MR) is 50.7 cm³/mol. The smallest absolute Gasteiger partial charge is 0.250 e. The Balaban J connectivity index is 2.69. The molecule has 0 aliphatic rings. The average Bonchev–Trinajstić information content (AvgIpc) is 2.47. The van der Waals surface area contributed by atoms with E-state index in [1.54, 1.807) is 0 Å². The molecule has 0 bridgehead atoms. The number of hydrogen-bond donors (Lipinski definition) is 1. The van der Waals surface area contributed by atoms with Crippen molar-refractivity contribution in [2.24, 2.45) is 11.1 Å². The molecule has 1 rings (SSSR count). The average molecular weight is 181 g/mol. The largest absolute Gasteiger partial charge is 0.335 e. The molecule has 2 N–H and O–H groups in total. The molecule has 72 valence electrons. The van der Waals surface area contributed by atoms with E-state index >= 15 is 0 Å². The Morgan fingerprint density at radius 2 is 2.15 bits per heavy atom. The van der Waals surface area contributed by atoms with Crippen molar-refractivity contribution in [2.45, 2.75) is 27.3 Å². The molecule has 0 saturated carbocycles. The maximum absolute atomic E-state index is 5.34. The molecule has 0 unspecified atom stereocenters. The van der Waals surface area contributed by atoms with Gasteiger partial charge in [0.2, 0.25) is 5.89 Å². The number of nitrogens with zero attached hydrogens (tertiary/aromatic N) is 2. The summed E-state index contributed by atoms with van der Waals surface area (Å²) in [7, 11) is 0. The lowest BCUT2D eigenvalue weighted by molar-refractivity contribution is 0.402. The zero-order valence-electron chi connectivity index (χ0n) is 8.24. The van der Waals surface area contributed by atoms with Gasteiger partial charge in [0.1, 0.15) is 0 Å². The molecule has 0 spiro atoms. The van der Waals surface area contributed by atoms with E-state index in [0.29, 0.717) is 18.3 Å². The molecule has 0 amide bonds. The van der Waals surface area contributed by atoms with E-state index in [2.05, 4.69) is 30.9 Å². The Morgan fingerprint density at radius 1 is 1.46 bits per heavy atom. The maximum atomic E-state index is 5.34. The lowest BCUT2D eigenvalue weighted by Crippen LogP contribution is -1.99. The van der Waals surface area contributed by atoms with Crippen LogP contribution in [0.25, 0.3) is 6.08 Å². The molecule has 0 aliphatic carbocycles. The van der Waals surface area contributed by atoms with Crippen molar-refractivity contribution in [1.82, 2.24) is 10.1 Å².